The highest BCUT2D eigenvalue weighted by Crippen LogP contribution is 2.31. The van der Waals surface area contributed by atoms with Crippen LogP contribution in [0.4, 0.5) is 14.5 Å². The molecular formula is C26H26F2N6O. The Balaban J connectivity index is 1.43. The Hall–Kier alpha value is -3.85. The zero-order valence-corrected chi connectivity index (χ0v) is 19.4. The van der Waals surface area contributed by atoms with E-state index in [1.807, 2.05) is 36.4 Å². The number of aromatic nitrogens is 4. The van der Waals surface area contributed by atoms with Crippen molar-refractivity contribution in [3.8, 4) is 5.75 Å². The lowest BCUT2D eigenvalue weighted by atomic mass is 10.0. The Bertz CT molecular complexity index is 1250. The molecule has 0 unspecified atom stereocenters. The second-order valence-corrected chi connectivity index (χ2v) is 8.47. The Labute approximate surface area is 202 Å². The van der Waals surface area contributed by atoms with Crippen LogP contribution in [0.5, 0.6) is 5.75 Å². The molecule has 4 aromatic rings. The third-order valence-electron chi connectivity index (χ3n) is 6.35. The minimum absolute atomic E-state index is 0.209. The van der Waals surface area contributed by atoms with E-state index in [0.717, 1.165) is 16.9 Å². The van der Waals surface area contributed by atoms with Crippen LogP contribution in [0, 0.1) is 11.6 Å². The molecule has 1 saturated heterocycles. The third-order valence-corrected chi connectivity index (χ3v) is 6.35. The van der Waals surface area contributed by atoms with Crippen molar-refractivity contribution < 1.29 is 13.5 Å². The van der Waals surface area contributed by atoms with Gasteiger partial charge in [0.25, 0.3) is 0 Å². The maximum absolute atomic E-state index is 14.4. The first-order valence-corrected chi connectivity index (χ1v) is 11.5. The van der Waals surface area contributed by atoms with Crippen LogP contribution in [0.15, 0.2) is 72.8 Å². The largest absolute Gasteiger partial charge is 0.497 e. The summed E-state index contributed by atoms with van der Waals surface area (Å²) in [5, 5.41) is 12.6. The Morgan fingerprint density at radius 1 is 0.886 bits per heavy atom. The topological polar surface area (TPSA) is 59.3 Å². The van der Waals surface area contributed by atoms with E-state index in [0.29, 0.717) is 44.2 Å². The molecule has 9 heteroatoms. The smallest absolute Gasteiger partial charge is 0.173 e. The Morgan fingerprint density at radius 2 is 1.60 bits per heavy atom. The fraction of sp³-hybridized carbons (Fsp3) is 0.269. The monoisotopic (exact) mass is 476 g/mol. The number of methoxy groups -OCH3 is 1. The van der Waals surface area contributed by atoms with Gasteiger partial charge in [-0.15, -0.1) is 5.10 Å². The average Bonchev–Trinajstić information content (AvgIpc) is 3.34. The molecule has 3 aromatic carbocycles. The highest BCUT2D eigenvalue weighted by molar-refractivity contribution is 5.48. The van der Waals surface area contributed by atoms with E-state index >= 15 is 0 Å². The van der Waals surface area contributed by atoms with Crippen LogP contribution in [0.2, 0.25) is 0 Å². The molecule has 7 nitrogen and oxygen atoms in total. The number of ether oxygens (including phenoxy) is 1. The van der Waals surface area contributed by atoms with Crippen LogP contribution in [0.1, 0.15) is 23.0 Å². The minimum Gasteiger partial charge on any atom is -0.497 e. The number of hydrogen-bond donors (Lipinski definition) is 0. The molecular weight excluding hydrogens is 450 g/mol. The molecule has 1 aromatic heterocycles. The molecule has 35 heavy (non-hydrogen) atoms. The molecule has 0 spiro atoms. The first-order chi connectivity index (χ1) is 17.1. The predicted octanol–water partition coefficient (Wildman–Crippen LogP) is 3.92. The Kier molecular flexibility index (Phi) is 6.67. The number of benzene rings is 3. The standard InChI is InChI=1S/C26H26F2N6O/c1-35-22-12-8-20(9-13-22)25(26-29-30-31-34(26)18-19-6-10-21(27)11-7-19)33-16-14-32(15-17-33)24-5-3-2-4-23(24)28/h2-13,25H,14-18H2,1H3/t25-/m0/s1. The molecule has 0 bridgehead atoms. The fourth-order valence-corrected chi connectivity index (χ4v) is 4.52. The summed E-state index contributed by atoms with van der Waals surface area (Å²) in [5.74, 6) is 0.965. The molecule has 0 saturated carbocycles. The van der Waals surface area contributed by atoms with E-state index in [1.54, 1.807) is 30.0 Å². The Morgan fingerprint density at radius 3 is 2.29 bits per heavy atom. The van der Waals surface area contributed by atoms with Gasteiger partial charge < -0.3 is 9.64 Å². The van der Waals surface area contributed by atoms with E-state index in [9.17, 15) is 8.78 Å². The molecule has 1 aliphatic rings. The van der Waals surface area contributed by atoms with Gasteiger partial charge >= 0.3 is 0 Å². The lowest BCUT2D eigenvalue weighted by molar-refractivity contribution is 0.201. The first-order valence-electron chi connectivity index (χ1n) is 11.5. The summed E-state index contributed by atoms with van der Waals surface area (Å²) in [7, 11) is 1.64. The van der Waals surface area contributed by atoms with Crippen molar-refractivity contribution in [2.24, 2.45) is 0 Å². The van der Waals surface area contributed by atoms with Crippen molar-refractivity contribution >= 4 is 5.69 Å². The normalized spacial score (nSPS) is 15.2. The molecule has 5 rings (SSSR count). The van der Waals surface area contributed by atoms with Crippen LogP contribution in [0.3, 0.4) is 0 Å². The summed E-state index contributed by atoms with van der Waals surface area (Å²) >= 11 is 0. The summed E-state index contributed by atoms with van der Waals surface area (Å²) < 4.78 is 34.8. The average molecular weight is 477 g/mol. The summed E-state index contributed by atoms with van der Waals surface area (Å²) in [6.45, 7) is 3.17. The van der Waals surface area contributed by atoms with Gasteiger partial charge in [-0.05, 0) is 58.0 Å². The number of rotatable bonds is 7. The lowest BCUT2D eigenvalue weighted by Gasteiger charge is -2.40. The van der Waals surface area contributed by atoms with Gasteiger partial charge in [-0.2, -0.15) is 0 Å². The van der Waals surface area contributed by atoms with Gasteiger partial charge in [-0.25, -0.2) is 13.5 Å². The van der Waals surface area contributed by atoms with E-state index in [-0.39, 0.29) is 17.7 Å². The lowest BCUT2D eigenvalue weighted by Crippen LogP contribution is -2.48. The number of anilines is 1. The molecule has 0 radical (unpaired) electrons. The van der Waals surface area contributed by atoms with Crippen molar-refractivity contribution in [1.82, 2.24) is 25.1 Å². The van der Waals surface area contributed by atoms with Crippen molar-refractivity contribution in [1.29, 1.82) is 0 Å². The maximum Gasteiger partial charge on any atom is 0.173 e. The molecule has 180 valence electrons. The molecule has 0 N–H and O–H groups in total. The minimum atomic E-state index is -0.283. The zero-order chi connectivity index (χ0) is 24.2. The number of tetrazole rings is 1. The fourth-order valence-electron chi connectivity index (χ4n) is 4.52. The maximum atomic E-state index is 14.4. The van der Waals surface area contributed by atoms with E-state index in [1.165, 1.54) is 18.2 Å². The van der Waals surface area contributed by atoms with Gasteiger partial charge in [0.1, 0.15) is 17.4 Å². The number of piperazine rings is 1. The summed E-state index contributed by atoms with van der Waals surface area (Å²) in [5.41, 5.74) is 2.55. The van der Waals surface area contributed by atoms with Gasteiger partial charge in [0.15, 0.2) is 5.82 Å². The van der Waals surface area contributed by atoms with Gasteiger partial charge in [-0.1, -0.05) is 36.4 Å². The highest BCUT2D eigenvalue weighted by Gasteiger charge is 2.31. The van der Waals surface area contributed by atoms with Crippen LogP contribution in [0.25, 0.3) is 0 Å². The van der Waals surface area contributed by atoms with Crippen molar-refractivity contribution in [3.05, 3.63) is 101 Å². The van der Waals surface area contributed by atoms with Crippen LogP contribution < -0.4 is 9.64 Å². The predicted molar refractivity (Wildman–Crippen MR) is 128 cm³/mol. The van der Waals surface area contributed by atoms with Gasteiger partial charge in [0.05, 0.1) is 25.4 Å². The van der Waals surface area contributed by atoms with Gasteiger partial charge in [0.2, 0.25) is 0 Å². The van der Waals surface area contributed by atoms with Gasteiger partial charge in [0, 0.05) is 26.2 Å². The second kappa shape index (κ2) is 10.2. The molecule has 0 aliphatic carbocycles. The van der Waals surface area contributed by atoms with Crippen molar-refractivity contribution in [3.63, 3.8) is 0 Å². The molecule has 1 atom stereocenters. The molecule has 1 aliphatic heterocycles. The number of halogens is 2. The zero-order valence-electron chi connectivity index (χ0n) is 19.4. The van der Waals surface area contributed by atoms with E-state index in [2.05, 4.69) is 25.3 Å². The first kappa shape index (κ1) is 22.9. The third kappa shape index (κ3) is 5.00. The van der Waals surface area contributed by atoms with Crippen LogP contribution >= 0.6 is 0 Å². The SMILES string of the molecule is COc1ccc([C@@H](c2nnnn2Cc2ccc(F)cc2)N2CCN(c3ccccc3F)CC2)cc1. The molecule has 0 amide bonds. The van der Waals surface area contributed by atoms with Crippen LogP contribution in [-0.4, -0.2) is 58.4 Å². The van der Waals surface area contributed by atoms with Crippen molar-refractivity contribution in [2.45, 2.75) is 12.6 Å². The van der Waals surface area contributed by atoms with Gasteiger partial charge in [-0.3, -0.25) is 4.90 Å². The summed E-state index contributed by atoms with van der Waals surface area (Å²) in [4.78, 5) is 4.38. The van der Waals surface area contributed by atoms with Crippen LogP contribution in [-0.2, 0) is 6.54 Å². The molecule has 1 fully saturated rings. The highest BCUT2D eigenvalue weighted by atomic mass is 19.1. The van der Waals surface area contributed by atoms with E-state index in [4.69, 9.17) is 4.74 Å². The summed E-state index contributed by atoms with van der Waals surface area (Å²) in [6, 6.07) is 20.9. The summed E-state index contributed by atoms with van der Waals surface area (Å²) in [6.07, 6.45) is 0. The second-order valence-electron chi connectivity index (χ2n) is 8.47. The number of nitrogens with zero attached hydrogens (tertiary/aromatic N) is 6. The number of para-hydroxylation sites is 1. The van der Waals surface area contributed by atoms with Crippen molar-refractivity contribution in [2.75, 3.05) is 38.2 Å². The van der Waals surface area contributed by atoms with E-state index < -0.39 is 0 Å². The quantitative estimate of drug-likeness (QED) is 0.403. The number of hydrogen-bond acceptors (Lipinski definition) is 6. The molecule has 2 heterocycles.